The molecule has 2 heterocycles. The Hall–Kier alpha value is -6.07. The van der Waals surface area contributed by atoms with Crippen molar-refractivity contribution in [3.63, 3.8) is 0 Å². The lowest BCUT2D eigenvalue weighted by atomic mass is 10.2. The lowest BCUT2D eigenvalue weighted by Gasteiger charge is -2.20. The number of ketones is 1. The molecule has 0 saturated heterocycles. The SMILES string of the molecule is CC(=O)CN(CCOC(=O)CCC(=O)OCCOCCNC(=O)CCCCCN1C(=O)C=CC1=O)CCOC(=O)CNC(=O)OCCOCCNC(=O)CCCCCN1C(=O)C=CC1=O. The summed E-state index contributed by atoms with van der Waals surface area (Å²) in [7, 11) is 0. The summed E-state index contributed by atoms with van der Waals surface area (Å²) in [6, 6.07) is 0. The van der Waals surface area contributed by atoms with Crippen molar-refractivity contribution >= 4 is 65.2 Å². The number of hydrogen-bond donors (Lipinski definition) is 3. The van der Waals surface area contributed by atoms with Gasteiger partial charge >= 0.3 is 24.0 Å². The Kier molecular flexibility index (Phi) is 28.3. The van der Waals surface area contributed by atoms with Gasteiger partial charge in [0.1, 0.15) is 38.8 Å². The van der Waals surface area contributed by atoms with Crippen molar-refractivity contribution in [2.24, 2.45) is 0 Å². The number of unbranched alkanes of at least 4 members (excludes halogenated alkanes) is 4. The molecule has 0 aromatic carbocycles. The summed E-state index contributed by atoms with van der Waals surface area (Å²) in [5.74, 6) is -3.84. The second-order valence-corrected chi connectivity index (χ2v) is 14.5. The Bertz CT molecular complexity index is 1540. The second-order valence-electron chi connectivity index (χ2n) is 14.5. The van der Waals surface area contributed by atoms with Crippen LogP contribution < -0.4 is 16.0 Å². The number of nitrogens with one attached hydrogen (secondary N) is 3. The number of ether oxygens (including phenoxy) is 6. The topological polar surface area (TPSA) is 289 Å². The van der Waals surface area contributed by atoms with Crippen LogP contribution in [0.2, 0.25) is 0 Å². The fraction of sp³-hybridized carbons (Fsp3) is 0.643. The molecule has 23 heteroatoms. The van der Waals surface area contributed by atoms with Crippen LogP contribution in [-0.4, -0.2) is 185 Å². The Morgan fingerprint density at radius 3 is 1.38 bits per heavy atom. The van der Waals surface area contributed by atoms with Crippen LogP contribution in [0.3, 0.4) is 0 Å². The van der Waals surface area contributed by atoms with E-state index in [1.165, 1.54) is 31.2 Å². The maximum atomic E-state index is 12.1. The van der Waals surface area contributed by atoms with Gasteiger partial charge in [-0.05, 0) is 32.6 Å². The van der Waals surface area contributed by atoms with E-state index < -0.39 is 30.5 Å². The monoisotopic (exact) mass is 922 g/mol. The maximum Gasteiger partial charge on any atom is 0.407 e. The largest absolute Gasteiger partial charge is 0.464 e. The molecule has 0 saturated carbocycles. The van der Waals surface area contributed by atoms with Crippen molar-refractivity contribution in [1.29, 1.82) is 0 Å². The van der Waals surface area contributed by atoms with Gasteiger partial charge in [0, 0.05) is 76.4 Å². The summed E-state index contributed by atoms with van der Waals surface area (Å²) in [4.78, 5) is 134. The normalized spacial score (nSPS) is 13.1. The van der Waals surface area contributed by atoms with E-state index in [1.54, 1.807) is 4.90 Å². The third-order valence-electron chi connectivity index (χ3n) is 9.16. The molecule has 0 spiro atoms. The van der Waals surface area contributed by atoms with Gasteiger partial charge in [-0.2, -0.15) is 0 Å². The summed E-state index contributed by atoms with van der Waals surface area (Å²) in [5, 5.41) is 7.66. The number of esters is 3. The first-order valence-electron chi connectivity index (χ1n) is 21.6. The molecule has 0 atom stereocenters. The number of imide groups is 2. The highest BCUT2D eigenvalue weighted by Gasteiger charge is 2.23. The molecule has 0 unspecified atom stereocenters. The lowest BCUT2D eigenvalue weighted by Crippen LogP contribution is -2.37. The van der Waals surface area contributed by atoms with Crippen molar-refractivity contribution in [3.05, 3.63) is 24.3 Å². The minimum atomic E-state index is -0.875. The van der Waals surface area contributed by atoms with Crippen LogP contribution in [0.15, 0.2) is 24.3 Å². The van der Waals surface area contributed by atoms with Gasteiger partial charge in [-0.1, -0.05) is 12.8 Å². The molecule has 0 aromatic rings. The molecule has 362 valence electrons. The fourth-order valence-electron chi connectivity index (χ4n) is 5.84. The van der Waals surface area contributed by atoms with Gasteiger partial charge < -0.3 is 44.4 Å². The number of hydrogen-bond acceptors (Lipinski definition) is 18. The van der Waals surface area contributed by atoms with Gasteiger partial charge in [0.2, 0.25) is 11.8 Å². The van der Waals surface area contributed by atoms with Gasteiger partial charge in [0.25, 0.3) is 23.6 Å². The molecule has 2 rings (SSSR count). The zero-order valence-corrected chi connectivity index (χ0v) is 37.0. The molecule has 0 aliphatic carbocycles. The van der Waals surface area contributed by atoms with E-state index in [-0.39, 0.29) is 146 Å². The number of alkyl carbamates (subject to hydrolysis) is 1. The van der Waals surface area contributed by atoms with Crippen LogP contribution in [0.5, 0.6) is 0 Å². The number of rotatable bonds is 37. The second kappa shape index (κ2) is 33.4. The molecule has 0 radical (unpaired) electrons. The highest BCUT2D eigenvalue weighted by molar-refractivity contribution is 6.13. The summed E-state index contributed by atoms with van der Waals surface area (Å²) >= 11 is 0. The summed E-state index contributed by atoms with van der Waals surface area (Å²) in [5.41, 5.74) is 0. The van der Waals surface area contributed by atoms with Gasteiger partial charge in [-0.15, -0.1) is 0 Å². The average molecular weight is 923 g/mol. The number of amides is 7. The maximum absolute atomic E-state index is 12.1. The number of Topliss-reactive ketones (excluding diaryl/α,β-unsaturated/α-hetero) is 1. The summed E-state index contributed by atoms with van der Waals surface area (Å²) in [6.07, 6.45) is 7.98. The van der Waals surface area contributed by atoms with Crippen molar-refractivity contribution in [3.8, 4) is 0 Å². The van der Waals surface area contributed by atoms with Crippen LogP contribution in [0.25, 0.3) is 0 Å². The van der Waals surface area contributed by atoms with Crippen LogP contribution in [-0.2, 0) is 76.4 Å². The zero-order chi connectivity index (χ0) is 47.7. The Balaban J connectivity index is 1.39. The molecule has 65 heavy (non-hydrogen) atoms. The van der Waals surface area contributed by atoms with E-state index in [0.29, 0.717) is 58.0 Å². The minimum absolute atomic E-state index is 0.00486. The van der Waals surface area contributed by atoms with Crippen molar-refractivity contribution in [2.75, 3.05) is 105 Å². The predicted octanol–water partition coefficient (Wildman–Crippen LogP) is -0.750. The summed E-state index contributed by atoms with van der Waals surface area (Å²) < 4.78 is 30.9. The number of carbonyl (C=O) groups is 11. The summed E-state index contributed by atoms with van der Waals surface area (Å²) in [6.45, 7) is 2.44. The first kappa shape index (κ1) is 55.1. The molecule has 2 aliphatic rings. The first-order valence-corrected chi connectivity index (χ1v) is 21.6. The molecular weight excluding hydrogens is 860 g/mol. The van der Waals surface area contributed by atoms with Gasteiger partial charge in [0.15, 0.2) is 0 Å². The van der Waals surface area contributed by atoms with Crippen LogP contribution >= 0.6 is 0 Å². The molecule has 2 aliphatic heterocycles. The quantitative estimate of drug-likeness (QED) is 0.0299. The average Bonchev–Trinajstić information content (AvgIpc) is 3.76. The van der Waals surface area contributed by atoms with Crippen molar-refractivity contribution in [1.82, 2.24) is 30.7 Å². The molecular formula is C42H62N6O17. The third-order valence-corrected chi connectivity index (χ3v) is 9.16. The van der Waals surface area contributed by atoms with Crippen molar-refractivity contribution in [2.45, 2.75) is 71.1 Å². The molecule has 7 amide bonds. The number of carbonyl (C=O) groups excluding carboxylic acids is 11. The van der Waals surface area contributed by atoms with E-state index in [9.17, 15) is 52.7 Å². The highest BCUT2D eigenvalue weighted by atomic mass is 16.6. The predicted molar refractivity (Wildman–Crippen MR) is 225 cm³/mol. The molecule has 0 fully saturated rings. The van der Waals surface area contributed by atoms with Crippen LogP contribution in [0.4, 0.5) is 4.79 Å². The minimum Gasteiger partial charge on any atom is -0.464 e. The molecule has 23 nitrogen and oxygen atoms in total. The first-order chi connectivity index (χ1) is 31.2. The molecule has 3 N–H and O–H groups in total. The zero-order valence-electron chi connectivity index (χ0n) is 37.0. The Morgan fingerprint density at radius 1 is 0.492 bits per heavy atom. The van der Waals surface area contributed by atoms with E-state index in [0.717, 1.165) is 9.80 Å². The van der Waals surface area contributed by atoms with Gasteiger partial charge in [0.05, 0.1) is 45.8 Å². The number of nitrogens with zero attached hydrogens (tertiary/aromatic N) is 3. The molecule has 0 bridgehead atoms. The van der Waals surface area contributed by atoms with E-state index in [2.05, 4.69) is 16.0 Å². The Labute approximate surface area is 377 Å². The van der Waals surface area contributed by atoms with E-state index >= 15 is 0 Å². The van der Waals surface area contributed by atoms with E-state index in [4.69, 9.17) is 28.4 Å². The van der Waals surface area contributed by atoms with Gasteiger partial charge in [-0.3, -0.25) is 62.6 Å². The Morgan fingerprint density at radius 2 is 0.923 bits per heavy atom. The van der Waals surface area contributed by atoms with Crippen LogP contribution in [0.1, 0.15) is 71.1 Å². The van der Waals surface area contributed by atoms with Gasteiger partial charge in [-0.25, -0.2) is 4.79 Å². The fourth-order valence-corrected chi connectivity index (χ4v) is 5.84. The van der Waals surface area contributed by atoms with E-state index in [1.807, 2.05) is 0 Å². The van der Waals surface area contributed by atoms with Crippen molar-refractivity contribution < 1.29 is 81.2 Å². The lowest BCUT2D eigenvalue weighted by molar-refractivity contribution is -0.151. The molecule has 0 aromatic heterocycles. The van der Waals surface area contributed by atoms with Crippen LogP contribution in [0, 0.1) is 0 Å². The highest BCUT2D eigenvalue weighted by Crippen LogP contribution is 2.09. The smallest absolute Gasteiger partial charge is 0.407 e. The standard InChI is InChI=1S/C42H62N6O17/c1-32(49)31-46(20-24-62-39(56)14-15-40(57)64-28-26-60-22-16-43-33(50)8-4-2-6-18-47-35(52)10-11-36(47)53)21-25-63-41(58)30-45-42(59)65-29-27-61-23-17-44-34(51)9-5-3-7-19-48-37(54)12-13-38(48)55/h10-13H,2-9,14-31H2,1H3,(H,43,50)(H,44,51)(H,45,59). The third kappa shape index (κ3) is 27.0.